The summed E-state index contributed by atoms with van der Waals surface area (Å²) in [6, 6.07) is 5.90. The van der Waals surface area contributed by atoms with Gasteiger partial charge in [0.2, 0.25) is 0 Å². The third-order valence-electron chi connectivity index (χ3n) is 1.79. The van der Waals surface area contributed by atoms with Gasteiger partial charge >= 0.3 is 0 Å². The third kappa shape index (κ3) is 2.05. The summed E-state index contributed by atoms with van der Waals surface area (Å²) < 4.78 is 12.9. The minimum Gasteiger partial charge on any atom is -0.382 e. The number of nitrogen functional groups attached to an aromatic ring is 1. The van der Waals surface area contributed by atoms with Crippen LogP contribution in [0.2, 0.25) is 5.02 Å². The van der Waals surface area contributed by atoms with Gasteiger partial charge in [0, 0.05) is 5.56 Å². The summed E-state index contributed by atoms with van der Waals surface area (Å²) in [6.45, 7) is 0. The van der Waals surface area contributed by atoms with Gasteiger partial charge in [0.25, 0.3) is 0 Å². The first-order chi connectivity index (χ1) is 7.16. The van der Waals surface area contributed by atoms with Crippen LogP contribution in [0.4, 0.5) is 10.2 Å². The number of halogens is 2. The molecule has 5 heteroatoms. The number of aromatic nitrogens is 2. The average Bonchev–Trinajstić information content (AvgIpc) is 2.22. The van der Waals surface area contributed by atoms with Gasteiger partial charge in [-0.3, -0.25) is 0 Å². The van der Waals surface area contributed by atoms with Crippen LogP contribution in [0, 0.1) is 12.0 Å². The monoisotopic (exact) mass is 222 g/mol. The second-order valence-corrected chi connectivity index (χ2v) is 3.25. The number of nitrogens with two attached hydrogens (primary N) is 1. The molecule has 0 aliphatic carbocycles. The molecule has 0 bridgehead atoms. The van der Waals surface area contributed by atoms with E-state index in [1.54, 1.807) is 12.1 Å². The van der Waals surface area contributed by atoms with E-state index in [9.17, 15) is 4.39 Å². The molecule has 0 aliphatic rings. The van der Waals surface area contributed by atoms with Crippen molar-refractivity contribution in [3.05, 3.63) is 41.3 Å². The Labute approximate surface area is 90.7 Å². The molecule has 0 spiro atoms. The van der Waals surface area contributed by atoms with Gasteiger partial charge in [-0.2, -0.15) is 0 Å². The molecule has 0 aliphatic heterocycles. The number of hydrogen-bond donors (Lipinski definition) is 1. The lowest BCUT2D eigenvalue weighted by Crippen LogP contribution is -1.96. The zero-order valence-corrected chi connectivity index (χ0v) is 8.29. The summed E-state index contributed by atoms with van der Waals surface area (Å²) in [7, 11) is 0. The van der Waals surface area contributed by atoms with E-state index in [0.717, 1.165) is 0 Å². The number of anilines is 1. The van der Waals surface area contributed by atoms with Gasteiger partial charge in [-0.05, 0) is 12.1 Å². The maximum Gasteiger partial charge on any atom is 0.162 e. The predicted octanol–water partition coefficient (Wildman–Crippen LogP) is 2.32. The van der Waals surface area contributed by atoms with Crippen LogP contribution in [-0.2, 0) is 0 Å². The Bertz CT molecular complexity index is 502. The standard InChI is InChI=1S/C10H6ClFN3/c11-8-5-14-10(15-9(8)13)6-2-1-3-7(12)4-6/h1-4H,(H2,13,14,15). The fourth-order valence-corrected chi connectivity index (χ4v) is 1.19. The van der Waals surface area contributed by atoms with E-state index < -0.39 is 0 Å². The van der Waals surface area contributed by atoms with Crippen LogP contribution in [0.3, 0.4) is 0 Å². The molecule has 1 aromatic carbocycles. The van der Waals surface area contributed by atoms with Crippen molar-refractivity contribution >= 4 is 17.4 Å². The molecule has 3 nitrogen and oxygen atoms in total. The van der Waals surface area contributed by atoms with Crippen LogP contribution in [-0.4, -0.2) is 9.97 Å². The van der Waals surface area contributed by atoms with Crippen molar-refractivity contribution in [2.75, 3.05) is 5.73 Å². The average molecular weight is 223 g/mol. The second-order valence-electron chi connectivity index (χ2n) is 2.87. The topological polar surface area (TPSA) is 51.8 Å². The Balaban J connectivity index is 2.50. The lowest BCUT2D eigenvalue weighted by Gasteiger charge is -2.01. The van der Waals surface area contributed by atoms with Gasteiger partial charge in [-0.1, -0.05) is 23.7 Å². The van der Waals surface area contributed by atoms with E-state index in [1.807, 2.05) is 0 Å². The number of rotatable bonds is 1. The van der Waals surface area contributed by atoms with E-state index in [-0.39, 0.29) is 16.7 Å². The van der Waals surface area contributed by atoms with Gasteiger partial charge < -0.3 is 5.73 Å². The molecule has 0 atom stereocenters. The Morgan fingerprint density at radius 2 is 2.20 bits per heavy atom. The molecule has 1 heterocycles. The maximum atomic E-state index is 12.9. The van der Waals surface area contributed by atoms with E-state index in [2.05, 4.69) is 16.2 Å². The minimum absolute atomic E-state index is 0.130. The van der Waals surface area contributed by atoms with Gasteiger partial charge in [-0.25, -0.2) is 14.4 Å². The number of benzene rings is 1. The molecule has 1 aromatic heterocycles. The summed E-state index contributed by atoms with van der Waals surface area (Å²) >= 11 is 5.62. The van der Waals surface area contributed by atoms with Crippen LogP contribution in [0.1, 0.15) is 0 Å². The number of nitrogens with zero attached hydrogens (tertiary/aromatic N) is 2. The van der Waals surface area contributed by atoms with E-state index in [4.69, 9.17) is 17.3 Å². The first-order valence-electron chi connectivity index (χ1n) is 4.13. The lowest BCUT2D eigenvalue weighted by atomic mass is 10.2. The summed E-state index contributed by atoms with van der Waals surface area (Å²) in [5, 5.41) is 0.162. The van der Waals surface area contributed by atoms with Gasteiger partial charge in [0.1, 0.15) is 22.9 Å². The third-order valence-corrected chi connectivity index (χ3v) is 2.07. The maximum absolute atomic E-state index is 12.9. The highest BCUT2D eigenvalue weighted by molar-refractivity contribution is 6.32. The highest BCUT2D eigenvalue weighted by atomic mass is 35.5. The predicted molar refractivity (Wildman–Crippen MR) is 55.7 cm³/mol. The second kappa shape index (κ2) is 3.82. The quantitative estimate of drug-likeness (QED) is 0.806. The smallest absolute Gasteiger partial charge is 0.162 e. The van der Waals surface area contributed by atoms with Crippen molar-refractivity contribution in [3.8, 4) is 11.4 Å². The molecule has 75 valence electrons. The molecule has 15 heavy (non-hydrogen) atoms. The minimum atomic E-state index is -0.357. The van der Waals surface area contributed by atoms with E-state index in [1.165, 1.54) is 12.1 Å². The van der Waals surface area contributed by atoms with Crippen molar-refractivity contribution in [1.82, 2.24) is 9.97 Å². The Kier molecular flexibility index (Phi) is 2.51. The summed E-state index contributed by atoms with van der Waals surface area (Å²) in [5.41, 5.74) is 6.02. The molecular formula is C10H6ClFN3. The SMILES string of the molecule is Nc1nc(-c2cccc(F)c2)n[c]c1Cl. The van der Waals surface area contributed by atoms with Crippen LogP contribution < -0.4 is 5.73 Å². The molecule has 2 aromatic rings. The van der Waals surface area contributed by atoms with Crippen molar-refractivity contribution in [2.45, 2.75) is 0 Å². The highest BCUT2D eigenvalue weighted by Crippen LogP contribution is 2.20. The molecule has 2 rings (SSSR count). The van der Waals surface area contributed by atoms with E-state index >= 15 is 0 Å². The largest absolute Gasteiger partial charge is 0.382 e. The van der Waals surface area contributed by atoms with Crippen LogP contribution in [0.25, 0.3) is 11.4 Å². The normalized spacial score (nSPS) is 10.3. The van der Waals surface area contributed by atoms with Crippen molar-refractivity contribution in [3.63, 3.8) is 0 Å². The Morgan fingerprint density at radius 3 is 2.87 bits per heavy atom. The van der Waals surface area contributed by atoms with Gasteiger partial charge in [0.15, 0.2) is 5.82 Å². The first kappa shape index (κ1) is 9.86. The first-order valence-corrected chi connectivity index (χ1v) is 4.51. The number of hydrogen-bond acceptors (Lipinski definition) is 3. The zero-order valence-electron chi connectivity index (χ0n) is 7.54. The molecule has 2 N–H and O–H groups in total. The summed E-state index contributed by atoms with van der Waals surface area (Å²) in [4.78, 5) is 7.76. The molecule has 0 saturated heterocycles. The van der Waals surface area contributed by atoms with Gasteiger partial charge in [-0.15, -0.1) is 0 Å². The van der Waals surface area contributed by atoms with Crippen molar-refractivity contribution in [2.24, 2.45) is 0 Å². The van der Waals surface area contributed by atoms with Gasteiger partial charge in [0.05, 0.1) is 0 Å². The summed E-state index contributed by atoms with van der Waals surface area (Å²) in [5.74, 6) is 0.0759. The molecule has 0 fully saturated rings. The zero-order chi connectivity index (χ0) is 10.8. The highest BCUT2D eigenvalue weighted by Gasteiger charge is 2.05. The van der Waals surface area contributed by atoms with Crippen LogP contribution in [0.15, 0.2) is 24.3 Å². The summed E-state index contributed by atoms with van der Waals surface area (Å²) in [6.07, 6.45) is 2.49. The molecule has 0 unspecified atom stereocenters. The Morgan fingerprint density at radius 1 is 1.40 bits per heavy atom. The fourth-order valence-electron chi connectivity index (χ4n) is 1.10. The Hall–Kier alpha value is -1.68. The lowest BCUT2D eigenvalue weighted by molar-refractivity contribution is 0.628. The van der Waals surface area contributed by atoms with Crippen LogP contribution >= 0.6 is 11.6 Å². The molecule has 0 saturated carbocycles. The van der Waals surface area contributed by atoms with E-state index in [0.29, 0.717) is 11.4 Å². The van der Waals surface area contributed by atoms with Crippen LogP contribution in [0.5, 0.6) is 0 Å². The van der Waals surface area contributed by atoms with Crippen molar-refractivity contribution < 1.29 is 4.39 Å². The van der Waals surface area contributed by atoms with Crippen molar-refractivity contribution in [1.29, 1.82) is 0 Å². The molecule has 1 radical (unpaired) electrons. The molecular weight excluding hydrogens is 217 g/mol. The molecule has 0 amide bonds. The fraction of sp³-hybridized carbons (Fsp3) is 0.